The summed E-state index contributed by atoms with van der Waals surface area (Å²) in [6.07, 6.45) is 0. The van der Waals surface area contributed by atoms with Crippen LogP contribution in [0.15, 0.2) is 24.3 Å². The quantitative estimate of drug-likeness (QED) is 0.532. The molecule has 3 heteroatoms. The Morgan fingerprint density at radius 2 is 2.00 bits per heavy atom. The van der Waals surface area contributed by atoms with E-state index in [4.69, 9.17) is 10.1 Å². The molecule has 0 aliphatic carbocycles. The average Bonchev–Trinajstić information content (AvgIpc) is 2.04. The van der Waals surface area contributed by atoms with Gasteiger partial charge in [-0.3, -0.25) is 0 Å². The maximum atomic E-state index is 8.72. The average molecular weight is 135 g/mol. The number of hydrogen-bond acceptors (Lipinski definition) is 2. The number of aliphatic hydroxyl groups is 1. The minimum atomic E-state index is -0.0345. The molecule has 0 saturated heterocycles. The molecule has 0 bridgehead atoms. The molecule has 51 valence electrons. The van der Waals surface area contributed by atoms with Crippen molar-refractivity contribution in [2.75, 3.05) is 0 Å². The van der Waals surface area contributed by atoms with Crippen LogP contribution in [0.3, 0.4) is 0 Å². The van der Waals surface area contributed by atoms with Crippen LogP contribution in [0, 0.1) is 0 Å². The third-order valence-electron chi connectivity index (χ3n) is 1.36. The summed E-state index contributed by atoms with van der Waals surface area (Å²) < 4.78 is 0. The van der Waals surface area contributed by atoms with Crippen LogP contribution < -0.4 is 5.46 Å². The molecule has 1 aromatic carbocycles. The van der Waals surface area contributed by atoms with Crippen LogP contribution in [0.1, 0.15) is 5.56 Å². The zero-order chi connectivity index (χ0) is 7.40. The van der Waals surface area contributed by atoms with E-state index in [-0.39, 0.29) is 6.61 Å². The predicted octanol–water partition coefficient (Wildman–Crippen LogP) is -0.584. The first-order chi connectivity index (χ1) is 4.88. The van der Waals surface area contributed by atoms with E-state index in [0.717, 1.165) is 13.0 Å². The van der Waals surface area contributed by atoms with Crippen LogP contribution in [-0.4, -0.2) is 17.6 Å². The largest absolute Gasteiger partial charge is 0.450 e. The number of hydrogen-bond donors (Lipinski definition) is 2. The lowest BCUT2D eigenvalue weighted by molar-refractivity contribution is 0.282. The summed E-state index contributed by atoms with van der Waals surface area (Å²) in [5.74, 6) is 0. The highest BCUT2D eigenvalue weighted by Crippen LogP contribution is 1.93. The van der Waals surface area contributed by atoms with Crippen molar-refractivity contribution >= 4 is 12.9 Å². The molecule has 0 unspecified atom stereocenters. The molecular weight excluding hydrogens is 127 g/mol. The molecule has 0 saturated carbocycles. The second kappa shape index (κ2) is 3.39. The summed E-state index contributed by atoms with van der Waals surface area (Å²) in [4.78, 5) is 0. The van der Waals surface area contributed by atoms with Gasteiger partial charge in [0, 0.05) is 0 Å². The minimum Gasteiger partial charge on any atom is -0.450 e. The van der Waals surface area contributed by atoms with Crippen LogP contribution in [0.25, 0.3) is 0 Å². The van der Waals surface area contributed by atoms with Gasteiger partial charge in [0.05, 0.1) is 6.61 Å². The van der Waals surface area contributed by atoms with Crippen molar-refractivity contribution in [3.63, 3.8) is 0 Å². The Kier molecular flexibility index (Phi) is 2.48. The van der Waals surface area contributed by atoms with E-state index >= 15 is 0 Å². The predicted molar refractivity (Wildman–Crippen MR) is 40.0 cm³/mol. The molecule has 0 aromatic heterocycles. The van der Waals surface area contributed by atoms with Crippen LogP contribution in [0.5, 0.6) is 0 Å². The molecular formula is C7H8BO2. The van der Waals surface area contributed by atoms with Gasteiger partial charge in [-0.2, -0.15) is 0 Å². The van der Waals surface area contributed by atoms with Crippen LogP contribution in [0.4, 0.5) is 0 Å². The molecule has 0 atom stereocenters. The van der Waals surface area contributed by atoms with E-state index in [1.165, 1.54) is 0 Å². The van der Waals surface area contributed by atoms with E-state index in [1.54, 1.807) is 18.2 Å². The Balaban J connectivity index is 2.96. The molecule has 0 spiro atoms. The van der Waals surface area contributed by atoms with Gasteiger partial charge in [-0.05, 0) is 11.0 Å². The third kappa shape index (κ3) is 1.37. The zero-order valence-electron chi connectivity index (χ0n) is 5.49. The highest BCUT2D eigenvalue weighted by atomic mass is 16.3. The Hall–Kier alpha value is -0.795. The van der Waals surface area contributed by atoms with Gasteiger partial charge in [-0.1, -0.05) is 24.3 Å². The maximum Gasteiger partial charge on any atom is 0.327 e. The Morgan fingerprint density at radius 1 is 1.30 bits per heavy atom. The summed E-state index contributed by atoms with van der Waals surface area (Å²) in [7, 11) is 0.992. The molecule has 0 heterocycles. The first-order valence-electron chi connectivity index (χ1n) is 3.04. The fourth-order valence-corrected chi connectivity index (χ4v) is 0.804. The monoisotopic (exact) mass is 135 g/mol. The van der Waals surface area contributed by atoms with Gasteiger partial charge < -0.3 is 10.1 Å². The fourth-order valence-electron chi connectivity index (χ4n) is 0.804. The third-order valence-corrected chi connectivity index (χ3v) is 1.36. The second-order valence-corrected chi connectivity index (χ2v) is 1.99. The van der Waals surface area contributed by atoms with E-state index in [9.17, 15) is 0 Å². The molecule has 0 aliphatic heterocycles. The van der Waals surface area contributed by atoms with Gasteiger partial charge in [0.15, 0.2) is 0 Å². The van der Waals surface area contributed by atoms with E-state index < -0.39 is 0 Å². The van der Waals surface area contributed by atoms with Gasteiger partial charge in [0.2, 0.25) is 0 Å². The van der Waals surface area contributed by atoms with Crippen LogP contribution >= 0.6 is 0 Å². The highest BCUT2D eigenvalue weighted by molar-refractivity contribution is 6.46. The summed E-state index contributed by atoms with van der Waals surface area (Å²) in [5, 5.41) is 17.3. The molecule has 2 N–H and O–H groups in total. The van der Waals surface area contributed by atoms with Gasteiger partial charge in [-0.15, -0.1) is 0 Å². The maximum absolute atomic E-state index is 8.72. The SMILES string of the molecule is O[B]c1ccccc1CO. The summed E-state index contributed by atoms with van der Waals surface area (Å²) >= 11 is 0. The number of aliphatic hydroxyl groups excluding tert-OH is 1. The summed E-state index contributed by atoms with van der Waals surface area (Å²) in [5.41, 5.74) is 1.41. The molecule has 0 aliphatic rings. The topological polar surface area (TPSA) is 40.5 Å². The summed E-state index contributed by atoms with van der Waals surface area (Å²) in [6, 6.07) is 7.13. The first-order valence-corrected chi connectivity index (χ1v) is 3.04. The number of rotatable bonds is 2. The molecule has 1 aromatic rings. The van der Waals surface area contributed by atoms with Gasteiger partial charge in [0.25, 0.3) is 0 Å². The van der Waals surface area contributed by atoms with Crippen molar-refractivity contribution in [1.29, 1.82) is 0 Å². The summed E-state index contributed by atoms with van der Waals surface area (Å²) in [6.45, 7) is -0.0345. The Bertz CT molecular complexity index is 190. The smallest absolute Gasteiger partial charge is 0.327 e. The molecule has 0 amide bonds. The molecule has 10 heavy (non-hydrogen) atoms. The first kappa shape index (κ1) is 7.31. The Labute approximate surface area is 60.4 Å². The molecule has 1 radical (unpaired) electrons. The lowest BCUT2D eigenvalue weighted by Gasteiger charge is -2.00. The van der Waals surface area contributed by atoms with Gasteiger partial charge in [0.1, 0.15) is 0 Å². The van der Waals surface area contributed by atoms with Crippen molar-refractivity contribution in [2.45, 2.75) is 6.61 Å². The van der Waals surface area contributed by atoms with E-state index in [2.05, 4.69) is 0 Å². The highest BCUT2D eigenvalue weighted by Gasteiger charge is 1.98. The minimum absolute atomic E-state index is 0.0345. The standard InChI is InChI=1S/C7H8BO2/c9-5-6-3-1-2-4-7(6)8-10/h1-4,9-10H,5H2. The Morgan fingerprint density at radius 3 is 2.50 bits per heavy atom. The van der Waals surface area contributed by atoms with Crippen molar-refractivity contribution in [3.05, 3.63) is 29.8 Å². The van der Waals surface area contributed by atoms with Crippen molar-refractivity contribution in [3.8, 4) is 0 Å². The molecule has 2 nitrogen and oxygen atoms in total. The number of benzene rings is 1. The normalized spacial score (nSPS) is 9.40. The lowest BCUT2D eigenvalue weighted by atomic mass is 9.85. The van der Waals surface area contributed by atoms with Crippen molar-refractivity contribution < 1.29 is 10.1 Å². The van der Waals surface area contributed by atoms with Crippen molar-refractivity contribution in [2.24, 2.45) is 0 Å². The zero-order valence-corrected chi connectivity index (χ0v) is 5.49. The van der Waals surface area contributed by atoms with Gasteiger partial charge in [-0.25, -0.2) is 0 Å². The van der Waals surface area contributed by atoms with Gasteiger partial charge >= 0.3 is 7.48 Å². The second-order valence-electron chi connectivity index (χ2n) is 1.99. The van der Waals surface area contributed by atoms with Crippen LogP contribution in [0.2, 0.25) is 0 Å². The lowest BCUT2D eigenvalue weighted by Crippen LogP contribution is -2.18. The van der Waals surface area contributed by atoms with Crippen molar-refractivity contribution in [1.82, 2.24) is 0 Å². The van der Waals surface area contributed by atoms with E-state index in [1.807, 2.05) is 6.07 Å². The fraction of sp³-hybridized carbons (Fsp3) is 0.143. The molecule has 0 fully saturated rings. The molecule has 1 rings (SSSR count). The van der Waals surface area contributed by atoms with E-state index in [0.29, 0.717) is 5.46 Å². The van der Waals surface area contributed by atoms with Crippen LogP contribution in [-0.2, 0) is 6.61 Å².